The molecule has 0 saturated carbocycles. The second-order valence-corrected chi connectivity index (χ2v) is 8.23. The van der Waals surface area contributed by atoms with Gasteiger partial charge in [0.25, 0.3) is 5.91 Å². The fourth-order valence-corrected chi connectivity index (χ4v) is 3.94. The maximum atomic E-state index is 13.4. The highest BCUT2D eigenvalue weighted by atomic mass is 35.5. The number of carbonyl (C=O) groups is 1. The van der Waals surface area contributed by atoms with Gasteiger partial charge in [-0.25, -0.2) is 0 Å². The van der Waals surface area contributed by atoms with E-state index < -0.39 is 5.91 Å². The van der Waals surface area contributed by atoms with Crippen LogP contribution in [0.5, 0.6) is 11.5 Å². The first-order valence-corrected chi connectivity index (χ1v) is 11.2. The van der Waals surface area contributed by atoms with Gasteiger partial charge in [0.2, 0.25) is 11.2 Å². The molecular formula is C27H24ClNO5. The number of halogens is 1. The number of anilines is 1. The average Bonchev–Trinajstić information content (AvgIpc) is 2.81. The van der Waals surface area contributed by atoms with Gasteiger partial charge in [0.1, 0.15) is 11.3 Å². The standard InChI is InChI=1S/C27H24ClNO5/c1-4-32-19-11-9-18(10-12-19)29-23(30)15-33-27-24(31)21-14-16(2)13-17(3)25(21)34-26(27)20-7-5-6-8-22(20)28/h5-14H,4,15H2,1-3H3,(H,29,30). The van der Waals surface area contributed by atoms with Crippen molar-refractivity contribution in [3.8, 4) is 22.8 Å². The number of ether oxygens (including phenoxy) is 2. The van der Waals surface area contributed by atoms with Crippen LogP contribution >= 0.6 is 11.6 Å². The molecule has 0 bridgehead atoms. The molecule has 4 rings (SSSR count). The Labute approximate surface area is 202 Å². The van der Waals surface area contributed by atoms with E-state index in [2.05, 4.69) is 5.32 Å². The fraction of sp³-hybridized carbons (Fsp3) is 0.185. The predicted molar refractivity (Wildman–Crippen MR) is 134 cm³/mol. The van der Waals surface area contributed by atoms with Gasteiger partial charge in [0, 0.05) is 11.3 Å². The van der Waals surface area contributed by atoms with Gasteiger partial charge in [0.05, 0.1) is 17.0 Å². The number of aryl methyl sites for hydroxylation is 2. The van der Waals surface area contributed by atoms with Crippen LogP contribution in [0.4, 0.5) is 5.69 Å². The number of rotatable bonds is 7. The Morgan fingerprint density at radius 3 is 2.47 bits per heavy atom. The highest BCUT2D eigenvalue weighted by Gasteiger charge is 2.21. The minimum absolute atomic E-state index is 0.0626. The first-order valence-electron chi connectivity index (χ1n) is 10.9. The lowest BCUT2D eigenvalue weighted by molar-refractivity contribution is -0.118. The summed E-state index contributed by atoms with van der Waals surface area (Å²) in [4.78, 5) is 26.0. The lowest BCUT2D eigenvalue weighted by Gasteiger charge is -2.14. The number of carbonyl (C=O) groups excluding carboxylic acids is 1. The molecule has 0 aliphatic rings. The van der Waals surface area contributed by atoms with E-state index in [0.717, 1.165) is 11.1 Å². The zero-order valence-electron chi connectivity index (χ0n) is 19.1. The van der Waals surface area contributed by atoms with Gasteiger partial charge in [-0.15, -0.1) is 0 Å². The van der Waals surface area contributed by atoms with Crippen LogP contribution in [-0.4, -0.2) is 19.1 Å². The van der Waals surface area contributed by atoms with Gasteiger partial charge in [0.15, 0.2) is 12.4 Å². The van der Waals surface area contributed by atoms with E-state index in [9.17, 15) is 9.59 Å². The normalized spacial score (nSPS) is 10.8. The van der Waals surface area contributed by atoms with Crippen molar-refractivity contribution in [2.24, 2.45) is 0 Å². The number of benzene rings is 3. The molecule has 4 aromatic rings. The Morgan fingerprint density at radius 2 is 1.76 bits per heavy atom. The molecule has 1 aromatic heterocycles. The third-order valence-electron chi connectivity index (χ3n) is 5.20. The average molecular weight is 478 g/mol. The fourth-order valence-electron chi connectivity index (χ4n) is 3.72. The van der Waals surface area contributed by atoms with E-state index in [1.807, 2.05) is 26.8 Å². The van der Waals surface area contributed by atoms with Crippen LogP contribution in [0.3, 0.4) is 0 Å². The zero-order valence-corrected chi connectivity index (χ0v) is 19.9. The van der Waals surface area contributed by atoms with Crippen LogP contribution in [0.1, 0.15) is 18.1 Å². The Morgan fingerprint density at radius 1 is 1.03 bits per heavy atom. The lowest BCUT2D eigenvalue weighted by atomic mass is 10.1. The third kappa shape index (κ3) is 4.92. The summed E-state index contributed by atoms with van der Waals surface area (Å²) < 4.78 is 17.3. The second kappa shape index (κ2) is 10.0. The number of amides is 1. The molecule has 1 N–H and O–H groups in total. The molecular weight excluding hydrogens is 454 g/mol. The summed E-state index contributed by atoms with van der Waals surface area (Å²) in [6, 6.07) is 17.7. The van der Waals surface area contributed by atoms with Gasteiger partial charge < -0.3 is 19.2 Å². The number of fused-ring (bicyclic) bond motifs is 1. The van der Waals surface area contributed by atoms with E-state index in [1.54, 1.807) is 54.6 Å². The molecule has 0 aliphatic heterocycles. The molecule has 7 heteroatoms. The molecule has 1 heterocycles. The third-order valence-corrected chi connectivity index (χ3v) is 5.52. The van der Waals surface area contributed by atoms with Crippen LogP contribution in [0, 0.1) is 13.8 Å². The van der Waals surface area contributed by atoms with Crippen LogP contribution in [0.25, 0.3) is 22.3 Å². The van der Waals surface area contributed by atoms with Crippen molar-refractivity contribution in [2.45, 2.75) is 20.8 Å². The lowest BCUT2D eigenvalue weighted by Crippen LogP contribution is -2.22. The van der Waals surface area contributed by atoms with E-state index in [-0.39, 0.29) is 23.5 Å². The molecule has 0 radical (unpaired) electrons. The summed E-state index contributed by atoms with van der Waals surface area (Å²) in [5.41, 5.74) is 2.92. The van der Waals surface area contributed by atoms with Gasteiger partial charge >= 0.3 is 0 Å². The van der Waals surface area contributed by atoms with Crippen molar-refractivity contribution in [3.63, 3.8) is 0 Å². The molecule has 34 heavy (non-hydrogen) atoms. The van der Waals surface area contributed by atoms with Crippen molar-refractivity contribution in [2.75, 3.05) is 18.5 Å². The van der Waals surface area contributed by atoms with Gasteiger partial charge in [-0.1, -0.05) is 29.8 Å². The predicted octanol–water partition coefficient (Wildman–Crippen LogP) is 6.15. The summed E-state index contributed by atoms with van der Waals surface area (Å²) in [6.45, 7) is 5.85. The smallest absolute Gasteiger partial charge is 0.262 e. The highest BCUT2D eigenvalue weighted by Crippen LogP contribution is 2.36. The number of hydrogen-bond acceptors (Lipinski definition) is 5. The number of nitrogens with one attached hydrogen (secondary N) is 1. The van der Waals surface area contributed by atoms with Gasteiger partial charge in [-0.2, -0.15) is 0 Å². The van der Waals surface area contributed by atoms with E-state index in [0.29, 0.717) is 39.6 Å². The van der Waals surface area contributed by atoms with Gasteiger partial charge in [-0.05, 0) is 74.4 Å². The maximum Gasteiger partial charge on any atom is 0.262 e. The van der Waals surface area contributed by atoms with E-state index in [4.69, 9.17) is 25.5 Å². The van der Waals surface area contributed by atoms with Crippen molar-refractivity contribution >= 4 is 34.2 Å². The first kappa shape index (κ1) is 23.4. The number of hydrogen-bond donors (Lipinski definition) is 1. The van der Waals surface area contributed by atoms with Crippen LogP contribution in [-0.2, 0) is 4.79 Å². The minimum Gasteiger partial charge on any atom is -0.494 e. The van der Waals surface area contributed by atoms with Crippen LogP contribution < -0.4 is 20.2 Å². The molecule has 0 saturated heterocycles. The molecule has 0 unspecified atom stereocenters. The maximum absolute atomic E-state index is 13.4. The quantitative estimate of drug-likeness (QED) is 0.345. The second-order valence-electron chi connectivity index (χ2n) is 7.82. The Kier molecular flexibility index (Phi) is 6.89. The summed E-state index contributed by atoms with van der Waals surface area (Å²) in [5.74, 6) is 0.408. The summed E-state index contributed by atoms with van der Waals surface area (Å²) >= 11 is 6.40. The molecule has 174 valence electrons. The van der Waals surface area contributed by atoms with Crippen LogP contribution in [0.15, 0.2) is 69.9 Å². The monoisotopic (exact) mass is 477 g/mol. The van der Waals surface area contributed by atoms with Gasteiger partial charge in [-0.3, -0.25) is 9.59 Å². The van der Waals surface area contributed by atoms with E-state index in [1.165, 1.54) is 0 Å². The molecule has 0 spiro atoms. The Bertz CT molecular complexity index is 1410. The summed E-state index contributed by atoms with van der Waals surface area (Å²) in [7, 11) is 0. The molecule has 0 aliphatic carbocycles. The van der Waals surface area contributed by atoms with Crippen molar-refractivity contribution < 1.29 is 18.7 Å². The highest BCUT2D eigenvalue weighted by molar-refractivity contribution is 6.33. The molecule has 0 fully saturated rings. The molecule has 0 atom stereocenters. The van der Waals surface area contributed by atoms with Crippen molar-refractivity contribution in [1.82, 2.24) is 0 Å². The first-order chi connectivity index (χ1) is 16.4. The van der Waals surface area contributed by atoms with Crippen LogP contribution in [0.2, 0.25) is 5.02 Å². The Balaban J connectivity index is 1.67. The topological polar surface area (TPSA) is 77.8 Å². The summed E-state index contributed by atoms with van der Waals surface area (Å²) in [5, 5.41) is 3.53. The van der Waals surface area contributed by atoms with Crippen molar-refractivity contribution in [3.05, 3.63) is 87.0 Å². The minimum atomic E-state index is -0.422. The van der Waals surface area contributed by atoms with Crippen molar-refractivity contribution in [1.29, 1.82) is 0 Å². The van der Waals surface area contributed by atoms with E-state index >= 15 is 0 Å². The molecule has 6 nitrogen and oxygen atoms in total. The molecule has 1 amide bonds. The largest absolute Gasteiger partial charge is 0.494 e. The molecule has 3 aromatic carbocycles. The zero-order chi connectivity index (χ0) is 24.2. The SMILES string of the molecule is CCOc1ccc(NC(=O)COc2c(-c3ccccc3Cl)oc3c(C)cc(C)cc3c2=O)cc1. The summed E-state index contributed by atoms with van der Waals surface area (Å²) in [6.07, 6.45) is 0. The Hall–Kier alpha value is -3.77.